The van der Waals surface area contributed by atoms with Crippen LogP contribution in [0.1, 0.15) is 18.1 Å². The van der Waals surface area contributed by atoms with Crippen molar-refractivity contribution in [3.63, 3.8) is 0 Å². The molecule has 1 aromatic heterocycles. The molecule has 0 unspecified atom stereocenters. The lowest BCUT2D eigenvalue weighted by Gasteiger charge is -2.10. The monoisotopic (exact) mass is 232 g/mol. The van der Waals surface area contributed by atoms with E-state index < -0.39 is 0 Å². The molecule has 1 aromatic carbocycles. The molecule has 2 nitrogen and oxygen atoms in total. The molecule has 0 spiro atoms. The molecule has 84 valence electrons. The van der Waals surface area contributed by atoms with Gasteiger partial charge in [0.05, 0.1) is 5.69 Å². The number of rotatable bonds is 3. The number of hydrogen-bond acceptors (Lipinski definition) is 2. The van der Waals surface area contributed by atoms with E-state index in [-0.39, 0.29) is 0 Å². The van der Waals surface area contributed by atoms with E-state index in [1.54, 1.807) is 11.8 Å². The van der Waals surface area contributed by atoms with Gasteiger partial charge in [-0.25, -0.2) is 4.98 Å². The second-order valence-electron chi connectivity index (χ2n) is 3.80. The molecule has 1 heterocycles. The molecule has 2 rings (SSSR count). The highest BCUT2D eigenvalue weighted by Crippen LogP contribution is 2.23. The van der Waals surface area contributed by atoms with Gasteiger partial charge in [-0.05, 0) is 36.8 Å². The number of imidazole rings is 1. The Morgan fingerprint density at radius 3 is 2.88 bits per heavy atom. The van der Waals surface area contributed by atoms with Crippen LogP contribution in [0.4, 0.5) is 0 Å². The molecule has 16 heavy (non-hydrogen) atoms. The van der Waals surface area contributed by atoms with Crippen LogP contribution >= 0.6 is 11.8 Å². The number of benzene rings is 1. The van der Waals surface area contributed by atoms with E-state index >= 15 is 0 Å². The summed E-state index contributed by atoms with van der Waals surface area (Å²) in [5.41, 5.74) is 3.79. The first kappa shape index (κ1) is 11.3. The molecule has 0 saturated carbocycles. The minimum Gasteiger partial charge on any atom is -0.295 e. The van der Waals surface area contributed by atoms with E-state index in [1.807, 2.05) is 12.4 Å². The molecule has 0 atom stereocenters. The Bertz CT molecular complexity index is 488. The zero-order valence-electron chi connectivity index (χ0n) is 9.90. The Balaban J connectivity index is 2.49. The first-order chi connectivity index (χ1) is 7.72. The van der Waals surface area contributed by atoms with E-state index in [1.165, 1.54) is 16.8 Å². The van der Waals surface area contributed by atoms with Gasteiger partial charge in [0, 0.05) is 12.4 Å². The number of hydrogen-bond donors (Lipinski definition) is 0. The zero-order chi connectivity index (χ0) is 11.5. The summed E-state index contributed by atoms with van der Waals surface area (Å²) in [5.74, 6) is 1.04. The van der Waals surface area contributed by atoms with Gasteiger partial charge in [0.1, 0.15) is 0 Å². The van der Waals surface area contributed by atoms with Crippen molar-refractivity contribution in [2.24, 2.45) is 0 Å². The van der Waals surface area contributed by atoms with Gasteiger partial charge in [0.25, 0.3) is 0 Å². The minimum atomic E-state index is 1.04. The quantitative estimate of drug-likeness (QED) is 0.752. The summed E-state index contributed by atoms with van der Waals surface area (Å²) >= 11 is 1.77. The Morgan fingerprint density at radius 1 is 1.31 bits per heavy atom. The number of nitrogens with zero attached hydrogens (tertiary/aromatic N) is 2. The van der Waals surface area contributed by atoms with Crippen molar-refractivity contribution < 1.29 is 0 Å². The van der Waals surface area contributed by atoms with Crippen LogP contribution in [0.5, 0.6) is 0 Å². The van der Waals surface area contributed by atoms with Crippen LogP contribution in [0.15, 0.2) is 35.7 Å². The molecule has 0 aliphatic rings. The number of thioether (sulfide) groups is 1. The summed E-state index contributed by atoms with van der Waals surface area (Å²) in [6.07, 6.45) is 3.89. The van der Waals surface area contributed by atoms with Crippen LogP contribution in [0.25, 0.3) is 5.69 Å². The van der Waals surface area contributed by atoms with Crippen LogP contribution in [-0.4, -0.2) is 15.3 Å². The van der Waals surface area contributed by atoms with Crippen molar-refractivity contribution in [1.29, 1.82) is 0 Å². The second-order valence-corrected chi connectivity index (χ2v) is 5.03. The van der Waals surface area contributed by atoms with Gasteiger partial charge in [0.2, 0.25) is 0 Å². The molecule has 0 aliphatic carbocycles. The van der Waals surface area contributed by atoms with Crippen LogP contribution in [0.3, 0.4) is 0 Å². The molecule has 0 bridgehead atoms. The molecule has 2 aromatic rings. The predicted octanol–water partition coefficient (Wildman–Crippen LogP) is 3.60. The fourth-order valence-corrected chi connectivity index (χ4v) is 2.38. The van der Waals surface area contributed by atoms with Crippen LogP contribution in [-0.2, 0) is 0 Å². The van der Waals surface area contributed by atoms with Crippen molar-refractivity contribution >= 4 is 11.8 Å². The number of aryl methyl sites for hydroxylation is 2. The van der Waals surface area contributed by atoms with E-state index in [9.17, 15) is 0 Å². The van der Waals surface area contributed by atoms with Gasteiger partial charge >= 0.3 is 0 Å². The van der Waals surface area contributed by atoms with E-state index in [0.717, 1.165) is 10.9 Å². The summed E-state index contributed by atoms with van der Waals surface area (Å²) in [7, 11) is 0. The smallest absolute Gasteiger partial charge is 0.172 e. The molecule has 0 N–H and O–H groups in total. The highest BCUT2D eigenvalue weighted by Gasteiger charge is 2.07. The normalized spacial score (nSPS) is 10.7. The average molecular weight is 232 g/mol. The number of aromatic nitrogens is 2. The topological polar surface area (TPSA) is 17.8 Å². The predicted molar refractivity (Wildman–Crippen MR) is 69.4 cm³/mol. The largest absolute Gasteiger partial charge is 0.295 e. The summed E-state index contributed by atoms with van der Waals surface area (Å²) < 4.78 is 2.16. The first-order valence-electron chi connectivity index (χ1n) is 5.46. The lowest BCUT2D eigenvalue weighted by Crippen LogP contribution is -1.98. The molecule has 0 saturated heterocycles. The Hall–Kier alpha value is -1.22. The SMILES string of the molecule is CCSc1nccn1-c1cc(C)ccc1C. The molecular formula is C13H16N2S. The van der Waals surface area contributed by atoms with Gasteiger partial charge in [-0.2, -0.15) is 0 Å². The van der Waals surface area contributed by atoms with Gasteiger partial charge in [0.15, 0.2) is 5.16 Å². The lowest BCUT2D eigenvalue weighted by molar-refractivity contribution is 0.887. The maximum atomic E-state index is 4.38. The maximum Gasteiger partial charge on any atom is 0.172 e. The lowest BCUT2D eigenvalue weighted by atomic mass is 10.1. The molecule has 0 radical (unpaired) electrons. The summed E-state index contributed by atoms with van der Waals surface area (Å²) in [6.45, 7) is 6.40. The average Bonchev–Trinajstić information content (AvgIpc) is 2.70. The highest BCUT2D eigenvalue weighted by atomic mass is 32.2. The van der Waals surface area contributed by atoms with Crippen LogP contribution in [0, 0.1) is 13.8 Å². The van der Waals surface area contributed by atoms with Crippen LogP contribution in [0.2, 0.25) is 0 Å². The van der Waals surface area contributed by atoms with Crippen molar-refractivity contribution in [2.75, 3.05) is 5.75 Å². The Labute approximate surface area is 101 Å². The van der Waals surface area contributed by atoms with Gasteiger partial charge < -0.3 is 0 Å². The Kier molecular flexibility index (Phi) is 3.34. The summed E-state index contributed by atoms with van der Waals surface area (Å²) in [6, 6.07) is 6.50. The fourth-order valence-electron chi connectivity index (χ4n) is 1.69. The van der Waals surface area contributed by atoms with Gasteiger partial charge in [-0.1, -0.05) is 30.8 Å². The molecular weight excluding hydrogens is 216 g/mol. The second kappa shape index (κ2) is 4.74. The summed E-state index contributed by atoms with van der Waals surface area (Å²) in [5, 5.41) is 1.07. The van der Waals surface area contributed by atoms with E-state index in [4.69, 9.17) is 0 Å². The van der Waals surface area contributed by atoms with E-state index in [2.05, 4.69) is 48.5 Å². The van der Waals surface area contributed by atoms with Crippen LogP contribution < -0.4 is 0 Å². The summed E-state index contributed by atoms with van der Waals surface area (Å²) in [4.78, 5) is 4.38. The third-order valence-electron chi connectivity index (χ3n) is 2.50. The fraction of sp³-hybridized carbons (Fsp3) is 0.308. The standard InChI is InChI=1S/C13H16N2S/c1-4-16-13-14-7-8-15(13)12-9-10(2)5-6-11(12)3/h5-9H,4H2,1-3H3. The third-order valence-corrected chi connectivity index (χ3v) is 3.35. The van der Waals surface area contributed by atoms with Crippen molar-refractivity contribution in [3.8, 4) is 5.69 Å². The molecule has 0 fully saturated rings. The van der Waals surface area contributed by atoms with Crippen molar-refractivity contribution in [2.45, 2.75) is 25.9 Å². The molecule has 3 heteroatoms. The maximum absolute atomic E-state index is 4.38. The molecule has 0 aliphatic heterocycles. The van der Waals surface area contributed by atoms with Crippen molar-refractivity contribution in [3.05, 3.63) is 41.7 Å². The highest BCUT2D eigenvalue weighted by molar-refractivity contribution is 7.99. The Morgan fingerprint density at radius 2 is 2.12 bits per heavy atom. The zero-order valence-corrected chi connectivity index (χ0v) is 10.7. The van der Waals surface area contributed by atoms with E-state index in [0.29, 0.717) is 0 Å². The van der Waals surface area contributed by atoms with Gasteiger partial charge in [-0.15, -0.1) is 0 Å². The third kappa shape index (κ3) is 2.14. The van der Waals surface area contributed by atoms with Crippen molar-refractivity contribution in [1.82, 2.24) is 9.55 Å². The minimum absolute atomic E-state index is 1.04. The molecule has 0 amide bonds. The first-order valence-corrected chi connectivity index (χ1v) is 6.44. The van der Waals surface area contributed by atoms with Gasteiger partial charge in [-0.3, -0.25) is 4.57 Å².